The first-order valence-electron chi connectivity index (χ1n) is 4.13. The van der Waals surface area contributed by atoms with Crippen molar-refractivity contribution in [3.8, 4) is 5.75 Å². The van der Waals surface area contributed by atoms with Crippen LogP contribution in [0.25, 0.3) is 0 Å². The molecule has 14 heavy (non-hydrogen) atoms. The van der Waals surface area contributed by atoms with E-state index in [1.54, 1.807) is 37.6 Å². The van der Waals surface area contributed by atoms with Gasteiger partial charge in [-0.2, -0.15) is 10.2 Å². The van der Waals surface area contributed by atoms with Crippen LogP contribution in [-0.2, 0) is 0 Å². The van der Waals surface area contributed by atoms with Gasteiger partial charge in [0.05, 0.1) is 5.69 Å². The highest BCUT2D eigenvalue weighted by Crippen LogP contribution is 2.08. The number of aromatic hydroxyl groups is 1. The Morgan fingerprint density at radius 3 is 1.93 bits per heavy atom. The van der Waals surface area contributed by atoms with E-state index >= 15 is 0 Å². The molecule has 0 radical (unpaired) electrons. The van der Waals surface area contributed by atoms with Crippen LogP contribution in [-0.4, -0.2) is 20.3 Å². The van der Waals surface area contributed by atoms with Crippen molar-refractivity contribution in [3.63, 3.8) is 0 Å². The summed E-state index contributed by atoms with van der Waals surface area (Å²) in [4.78, 5) is 3.83. The molecule has 4 heteroatoms. The largest absolute Gasteiger partial charge is 0.506 e. The molecule has 2 aromatic rings. The molecule has 0 saturated heterocycles. The van der Waals surface area contributed by atoms with Crippen molar-refractivity contribution in [3.05, 3.63) is 48.5 Å². The van der Waals surface area contributed by atoms with Gasteiger partial charge in [-0.25, -0.2) is 0 Å². The van der Waals surface area contributed by atoms with E-state index in [9.17, 15) is 0 Å². The van der Waals surface area contributed by atoms with Crippen molar-refractivity contribution < 1.29 is 5.11 Å². The molecule has 72 valence electrons. The SMILES string of the molecule is Cc1ncccc1O.c1ccnnc1. The Hall–Kier alpha value is -1.97. The first-order valence-corrected chi connectivity index (χ1v) is 4.13. The van der Waals surface area contributed by atoms with Crippen molar-refractivity contribution >= 4 is 0 Å². The minimum atomic E-state index is 0.257. The Kier molecular flexibility index (Phi) is 4.07. The van der Waals surface area contributed by atoms with E-state index in [1.165, 1.54) is 0 Å². The van der Waals surface area contributed by atoms with Crippen LogP contribution in [0.2, 0.25) is 0 Å². The maximum absolute atomic E-state index is 8.86. The molecular weight excluding hydrogens is 178 g/mol. The van der Waals surface area contributed by atoms with Crippen LogP contribution < -0.4 is 0 Å². The standard InChI is InChI=1S/C6H7NO.C4H4N2/c1-5-6(8)3-2-4-7-5;1-2-4-6-5-3-1/h2-4,8H,1H3;1-4H. The predicted octanol–water partition coefficient (Wildman–Crippen LogP) is 1.57. The van der Waals surface area contributed by atoms with Gasteiger partial charge >= 0.3 is 0 Å². The second kappa shape index (κ2) is 5.64. The highest BCUT2D eigenvalue weighted by atomic mass is 16.3. The first kappa shape index (κ1) is 10.1. The molecule has 0 fully saturated rings. The zero-order chi connectivity index (χ0) is 10.2. The number of aromatic nitrogens is 3. The molecule has 0 unspecified atom stereocenters. The second-order valence-corrected chi connectivity index (χ2v) is 2.52. The summed E-state index contributed by atoms with van der Waals surface area (Å²) in [6.45, 7) is 1.76. The number of rotatable bonds is 0. The molecule has 2 heterocycles. The van der Waals surface area contributed by atoms with Gasteiger partial charge in [0.25, 0.3) is 0 Å². The van der Waals surface area contributed by atoms with Gasteiger partial charge in [-0.1, -0.05) is 0 Å². The fourth-order valence-electron chi connectivity index (χ4n) is 0.729. The van der Waals surface area contributed by atoms with Crippen LogP contribution in [0.4, 0.5) is 0 Å². The molecule has 4 nitrogen and oxygen atoms in total. The first-order chi connectivity index (χ1) is 6.80. The summed E-state index contributed by atoms with van der Waals surface area (Å²) >= 11 is 0. The lowest BCUT2D eigenvalue weighted by Crippen LogP contribution is -1.76. The van der Waals surface area contributed by atoms with Gasteiger partial charge < -0.3 is 5.11 Å². The third-order valence-corrected chi connectivity index (χ3v) is 1.46. The highest BCUT2D eigenvalue weighted by Gasteiger charge is 1.88. The fourth-order valence-corrected chi connectivity index (χ4v) is 0.729. The van der Waals surface area contributed by atoms with Gasteiger partial charge in [0.2, 0.25) is 0 Å². The lowest BCUT2D eigenvalue weighted by atomic mass is 10.3. The summed E-state index contributed by atoms with van der Waals surface area (Å²) in [5, 5.41) is 15.9. The molecule has 0 amide bonds. The van der Waals surface area contributed by atoms with Crippen molar-refractivity contribution in [1.29, 1.82) is 0 Å². The summed E-state index contributed by atoms with van der Waals surface area (Å²) in [5.74, 6) is 0.257. The van der Waals surface area contributed by atoms with Crippen LogP contribution in [0.5, 0.6) is 5.75 Å². The van der Waals surface area contributed by atoms with Crippen molar-refractivity contribution in [1.82, 2.24) is 15.2 Å². The van der Waals surface area contributed by atoms with Crippen LogP contribution >= 0.6 is 0 Å². The van der Waals surface area contributed by atoms with Crippen molar-refractivity contribution in [2.24, 2.45) is 0 Å². The number of aryl methyl sites for hydroxylation is 1. The van der Waals surface area contributed by atoms with E-state index in [0.717, 1.165) is 0 Å². The third-order valence-electron chi connectivity index (χ3n) is 1.46. The summed E-state index contributed by atoms with van der Waals surface area (Å²) in [6.07, 6.45) is 4.93. The molecule has 0 aliphatic rings. The Morgan fingerprint density at radius 2 is 1.64 bits per heavy atom. The Labute approximate surface area is 82.3 Å². The van der Waals surface area contributed by atoms with Gasteiger partial charge in [0, 0.05) is 18.6 Å². The van der Waals surface area contributed by atoms with Gasteiger partial charge in [0.15, 0.2) is 0 Å². The molecule has 0 atom stereocenters. The summed E-state index contributed by atoms with van der Waals surface area (Å²) < 4.78 is 0. The minimum absolute atomic E-state index is 0.257. The molecule has 0 aromatic carbocycles. The van der Waals surface area contributed by atoms with Gasteiger partial charge in [-0.05, 0) is 31.2 Å². The maximum atomic E-state index is 8.86. The van der Waals surface area contributed by atoms with Gasteiger partial charge in [-0.15, -0.1) is 0 Å². The Balaban J connectivity index is 0.000000146. The molecule has 2 rings (SSSR count). The zero-order valence-corrected chi connectivity index (χ0v) is 7.83. The van der Waals surface area contributed by atoms with E-state index in [1.807, 2.05) is 12.1 Å². The zero-order valence-electron chi connectivity index (χ0n) is 7.83. The summed E-state index contributed by atoms with van der Waals surface area (Å²) in [7, 11) is 0. The van der Waals surface area contributed by atoms with E-state index < -0.39 is 0 Å². The number of hydrogen-bond donors (Lipinski definition) is 1. The smallest absolute Gasteiger partial charge is 0.136 e. The summed E-state index contributed by atoms with van der Waals surface area (Å²) in [6, 6.07) is 6.96. The van der Waals surface area contributed by atoms with Gasteiger partial charge in [0.1, 0.15) is 5.75 Å². The number of hydrogen-bond acceptors (Lipinski definition) is 4. The summed E-state index contributed by atoms with van der Waals surface area (Å²) in [5.41, 5.74) is 0.674. The lowest BCUT2D eigenvalue weighted by Gasteiger charge is -1.91. The van der Waals surface area contributed by atoms with Crippen LogP contribution in [0.1, 0.15) is 5.69 Å². The molecule has 0 bridgehead atoms. The average Bonchev–Trinajstić information content (AvgIpc) is 2.26. The fraction of sp³-hybridized carbons (Fsp3) is 0.100. The molecule has 0 aliphatic heterocycles. The Morgan fingerprint density at radius 1 is 1.00 bits per heavy atom. The second-order valence-electron chi connectivity index (χ2n) is 2.52. The van der Waals surface area contributed by atoms with E-state index in [0.29, 0.717) is 5.69 Å². The highest BCUT2D eigenvalue weighted by molar-refractivity contribution is 5.22. The van der Waals surface area contributed by atoms with E-state index in [2.05, 4.69) is 15.2 Å². The van der Waals surface area contributed by atoms with Crippen LogP contribution in [0.15, 0.2) is 42.9 Å². The van der Waals surface area contributed by atoms with E-state index in [-0.39, 0.29) is 5.75 Å². The molecule has 0 spiro atoms. The van der Waals surface area contributed by atoms with Crippen molar-refractivity contribution in [2.45, 2.75) is 6.92 Å². The maximum Gasteiger partial charge on any atom is 0.136 e. The lowest BCUT2D eigenvalue weighted by molar-refractivity contribution is 0.467. The molecule has 0 saturated carbocycles. The molecule has 1 N–H and O–H groups in total. The average molecular weight is 189 g/mol. The number of nitrogens with zero attached hydrogens (tertiary/aromatic N) is 3. The quantitative estimate of drug-likeness (QED) is 0.683. The van der Waals surface area contributed by atoms with Crippen molar-refractivity contribution in [2.75, 3.05) is 0 Å². The normalized spacial score (nSPS) is 8.64. The topological polar surface area (TPSA) is 58.9 Å². The minimum Gasteiger partial charge on any atom is -0.506 e. The molecular formula is C10H11N3O. The molecule has 0 aliphatic carbocycles. The Bertz CT molecular complexity index is 317. The monoisotopic (exact) mass is 189 g/mol. The van der Waals surface area contributed by atoms with Crippen LogP contribution in [0.3, 0.4) is 0 Å². The third kappa shape index (κ3) is 3.62. The predicted molar refractivity (Wildman–Crippen MR) is 52.7 cm³/mol. The van der Waals surface area contributed by atoms with E-state index in [4.69, 9.17) is 5.11 Å². The van der Waals surface area contributed by atoms with Crippen LogP contribution in [0, 0.1) is 6.92 Å². The molecule has 2 aromatic heterocycles. The van der Waals surface area contributed by atoms with Gasteiger partial charge in [-0.3, -0.25) is 4.98 Å². The number of pyridine rings is 1.